The predicted molar refractivity (Wildman–Crippen MR) is 62.7 cm³/mol. The third-order valence-corrected chi connectivity index (χ3v) is 2.68. The smallest absolute Gasteiger partial charge is 0.256 e. The fourth-order valence-electron chi connectivity index (χ4n) is 1.37. The molecule has 0 radical (unpaired) electrons. The Bertz CT molecular complexity index is 508. The number of rotatable bonds is 2. The molecule has 0 saturated carbocycles. The molecule has 16 heavy (non-hydrogen) atoms. The van der Waals surface area contributed by atoms with Crippen molar-refractivity contribution in [1.82, 2.24) is 10.2 Å². The second-order valence-corrected chi connectivity index (χ2v) is 3.76. The maximum Gasteiger partial charge on any atom is 0.256 e. The molecular weight excluding hydrogens is 226 g/mol. The summed E-state index contributed by atoms with van der Waals surface area (Å²) in [5, 5.41) is 9.66. The van der Waals surface area contributed by atoms with Gasteiger partial charge in [-0.15, -0.1) is 0 Å². The van der Waals surface area contributed by atoms with E-state index < -0.39 is 0 Å². The highest BCUT2D eigenvalue weighted by molar-refractivity contribution is 6.32. The van der Waals surface area contributed by atoms with Crippen LogP contribution in [0, 0.1) is 6.92 Å². The van der Waals surface area contributed by atoms with Gasteiger partial charge in [-0.25, -0.2) is 0 Å². The van der Waals surface area contributed by atoms with Crippen LogP contribution in [0.3, 0.4) is 0 Å². The highest BCUT2D eigenvalue weighted by atomic mass is 35.5. The molecule has 0 atom stereocenters. The standard InChI is InChI=1S/C11H10ClN3O/c1-7-9(3-2-4-10(7)12)11(16)15-8-5-13-14-6-8/h2-6H,1H3,(H,13,14)(H,15,16). The van der Waals surface area contributed by atoms with Crippen molar-refractivity contribution in [2.45, 2.75) is 6.92 Å². The van der Waals surface area contributed by atoms with Gasteiger partial charge in [-0.3, -0.25) is 9.89 Å². The first-order chi connectivity index (χ1) is 7.68. The van der Waals surface area contributed by atoms with Crippen LogP contribution in [0.5, 0.6) is 0 Å². The van der Waals surface area contributed by atoms with Gasteiger partial charge in [-0.2, -0.15) is 5.10 Å². The fourth-order valence-corrected chi connectivity index (χ4v) is 1.55. The number of carbonyl (C=O) groups is 1. The van der Waals surface area contributed by atoms with E-state index in [-0.39, 0.29) is 5.91 Å². The molecule has 0 fully saturated rings. The van der Waals surface area contributed by atoms with E-state index in [2.05, 4.69) is 15.5 Å². The number of H-pyrrole nitrogens is 1. The summed E-state index contributed by atoms with van der Waals surface area (Å²) in [5.41, 5.74) is 1.96. The lowest BCUT2D eigenvalue weighted by molar-refractivity contribution is 0.102. The van der Waals surface area contributed by atoms with Crippen molar-refractivity contribution in [3.8, 4) is 0 Å². The number of nitrogens with zero attached hydrogens (tertiary/aromatic N) is 1. The quantitative estimate of drug-likeness (QED) is 0.841. The lowest BCUT2D eigenvalue weighted by atomic mass is 10.1. The van der Waals surface area contributed by atoms with E-state index in [9.17, 15) is 4.79 Å². The lowest BCUT2D eigenvalue weighted by Gasteiger charge is -2.06. The zero-order chi connectivity index (χ0) is 11.5. The number of amides is 1. The van der Waals surface area contributed by atoms with Crippen molar-refractivity contribution >= 4 is 23.2 Å². The summed E-state index contributed by atoms with van der Waals surface area (Å²) in [6.45, 7) is 1.81. The van der Waals surface area contributed by atoms with E-state index in [0.29, 0.717) is 16.3 Å². The molecule has 0 aliphatic carbocycles. The Morgan fingerprint density at radius 3 is 3.00 bits per heavy atom. The number of benzene rings is 1. The van der Waals surface area contributed by atoms with Gasteiger partial charge in [0.25, 0.3) is 5.91 Å². The summed E-state index contributed by atoms with van der Waals surface area (Å²) in [6.07, 6.45) is 3.15. The minimum atomic E-state index is -0.193. The van der Waals surface area contributed by atoms with Gasteiger partial charge in [-0.05, 0) is 24.6 Å². The zero-order valence-corrected chi connectivity index (χ0v) is 9.38. The number of anilines is 1. The zero-order valence-electron chi connectivity index (χ0n) is 8.62. The molecule has 5 heteroatoms. The molecule has 2 N–H and O–H groups in total. The number of carbonyl (C=O) groups excluding carboxylic acids is 1. The highest BCUT2D eigenvalue weighted by Gasteiger charge is 2.11. The Balaban J connectivity index is 2.24. The van der Waals surface area contributed by atoms with Crippen LogP contribution in [0.2, 0.25) is 5.02 Å². The van der Waals surface area contributed by atoms with Crippen LogP contribution in [0.1, 0.15) is 15.9 Å². The van der Waals surface area contributed by atoms with Gasteiger partial charge in [0.15, 0.2) is 0 Å². The molecule has 4 nitrogen and oxygen atoms in total. The Kier molecular flexibility index (Phi) is 2.92. The summed E-state index contributed by atoms with van der Waals surface area (Å²) < 4.78 is 0. The first-order valence-electron chi connectivity index (χ1n) is 4.73. The summed E-state index contributed by atoms with van der Waals surface area (Å²) in [7, 11) is 0. The number of aromatic amines is 1. The fraction of sp³-hybridized carbons (Fsp3) is 0.0909. The molecule has 2 aromatic rings. The van der Waals surface area contributed by atoms with Crippen molar-refractivity contribution in [3.05, 3.63) is 46.7 Å². The minimum absolute atomic E-state index is 0.193. The van der Waals surface area contributed by atoms with Crippen LogP contribution in [0.15, 0.2) is 30.6 Å². The largest absolute Gasteiger partial charge is 0.319 e. The number of aromatic nitrogens is 2. The normalized spacial score (nSPS) is 10.1. The Morgan fingerprint density at radius 1 is 1.50 bits per heavy atom. The minimum Gasteiger partial charge on any atom is -0.319 e. The van der Waals surface area contributed by atoms with Gasteiger partial charge in [0.1, 0.15) is 0 Å². The van der Waals surface area contributed by atoms with Gasteiger partial charge in [0.2, 0.25) is 0 Å². The molecule has 0 saturated heterocycles. The van der Waals surface area contributed by atoms with Gasteiger partial charge in [0, 0.05) is 16.8 Å². The Morgan fingerprint density at radius 2 is 2.31 bits per heavy atom. The van der Waals surface area contributed by atoms with Gasteiger partial charge < -0.3 is 5.32 Å². The second-order valence-electron chi connectivity index (χ2n) is 3.35. The molecule has 0 unspecified atom stereocenters. The molecule has 2 rings (SSSR count). The second kappa shape index (κ2) is 4.37. The van der Waals surface area contributed by atoms with E-state index in [4.69, 9.17) is 11.6 Å². The molecule has 1 heterocycles. The van der Waals surface area contributed by atoms with Crippen LogP contribution >= 0.6 is 11.6 Å². The van der Waals surface area contributed by atoms with E-state index in [1.807, 2.05) is 6.92 Å². The molecule has 0 bridgehead atoms. The number of nitrogens with one attached hydrogen (secondary N) is 2. The van der Waals surface area contributed by atoms with E-state index in [1.165, 1.54) is 6.20 Å². The van der Waals surface area contributed by atoms with Crippen LogP contribution < -0.4 is 5.32 Å². The van der Waals surface area contributed by atoms with Crippen molar-refractivity contribution in [1.29, 1.82) is 0 Å². The van der Waals surface area contributed by atoms with Crippen LogP contribution in [-0.2, 0) is 0 Å². The first-order valence-corrected chi connectivity index (χ1v) is 5.11. The first kappa shape index (κ1) is 10.7. The molecular formula is C11H10ClN3O. The molecule has 1 amide bonds. The van der Waals surface area contributed by atoms with Gasteiger partial charge in [-0.1, -0.05) is 17.7 Å². The summed E-state index contributed by atoms with van der Waals surface area (Å²) in [5.74, 6) is -0.193. The van der Waals surface area contributed by atoms with Crippen LogP contribution in [0.4, 0.5) is 5.69 Å². The monoisotopic (exact) mass is 235 g/mol. The maximum atomic E-state index is 11.9. The Labute approximate surface area is 97.6 Å². The maximum absolute atomic E-state index is 11.9. The van der Waals surface area contributed by atoms with Gasteiger partial charge in [0.05, 0.1) is 11.9 Å². The lowest BCUT2D eigenvalue weighted by Crippen LogP contribution is -2.12. The molecule has 82 valence electrons. The van der Waals surface area contributed by atoms with Crippen LogP contribution in [0.25, 0.3) is 0 Å². The molecule has 0 aliphatic rings. The molecule has 1 aromatic heterocycles. The van der Waals surface area contributed by atoms with Crippen molar-refractivity contribution in [2.75, 3.05) is 5.32 Å². The number of halogens is 1. The molecule has 0 spiro atoms. The van der Waals surface area contributed by atoms with Crippen molar-refractivity contribution in [2.24, 2.45) is 0 Å². The third-order valence-electron chi connectivity index (χ3n) is 2.27. The number of hydrogen-bond acceptors (Lipinski definition) is 2. The summed E-state index contributed by atoms with van der Waals surface area (Å²) in [6, 6.07) is 5.24. The highest BCUT2D eigenvalue weighted by Crippen LogP contribution is 2.19. The summed E-state index contributed by atoms with van der Waals surface area (Å²) in [4.78, 5) is 11.9. The molecule has 1 aromatic carbocycles. The van der Waals surface area contributed by atoms with Crippen LogP contribution in [-0.4, -0.2) is 16.1 Å². The average molecular weight is 236 g/mol. The topological polar surface area (TPSA) is 57.8 Å². The van der Waals surface area contributed by atoms with Gasteiger partial charge >= 0.3 is 0 Å². The van der Waals surface area contributed by atoms with Crippen molar-refractivity contribution < 1.29 is 4.79 Å². The number of hydrogen-bond donors (Lipinski definition) is 2. The Hall–Kier alpha value is -1.81. The predicted octanol–water partition coefficient (Wildman–Crippen LogP) is 2.62. The van der Waals surface area contributed by atoms with Crippen molar-refractivity contribution in [3.63, 3.8) is 0 Å². The average Bonchev–Trinajstić information content (AvgIpc) is 2.74. The molecule has 0 aliphatic heterocycles. The van der Waals surface area contributed by atoms with E-state index in [0.717, 1.165) is 5.56 Å². The van der Waals surface area contributed by atoms with E-state index in [1.54, 1.807) is 24.4 Å². The third kappa shape index (κ3) is 2.06. The summed E-state index contributed by atoms with van der Waals surface area (Å²) >= 11 is 5.94. The van der Waals surface area contributed by atoms with E-state index >= 15 is 0 Å². The SMILES string of the molecule is Cc1c(Cl)cccc1C(=O)Nc1cn[nH]c1.